The highest BCUT2D eigenvalue weighted by Crippen LogP contribution is 2.45. The predicted molar refractivity (Wildman–Crippen MR) is 211 cm³/mol. The van der Waals surface area contributed by atoms with E-state index in [9.17, 15) is 5.53 Å². The third kappa shape index (κ3) is 12.6. The molecule has 0 radical (unpaired) electrons. The molecule has 0 spiro atoms. The van der Waals surface area contributed by atoms with Crippen molar-refractivity contribution < 1.29 is 4.70 Å². The van der Waals surface area contributed by atoms with E-state index in [4.69, 9.17) is 0 Å². The molecule has 260 valence electrons. The van der Waals surface area contributed by atoms with Gasteiger partial charge in [0.15, 0.2) is 0 Å². The lowest BCUT2D eigenvalue weighted by Gasteiger charge is -2.14. The Morgan fingerprint density at radius 1 is 0.479 bits per heavy atom. The SMILES string of the molecule is CCCC=CCCc1ccccc1C1=C(C=CCCCCCCCCC)C(CCCCC)=C(c2ccccc2CCC=CCCC)[N+]1=[N-]. The van der Waals surface area contributed by atoms with E-state index in [1.807, 2.05) is 0 Å². The van der Waals surface area contributed by atoms with Gasteiger partial charge >= 0.3 is 0 Å². The Morgan fingerprint density at radius 3 is 1.56 bits per heavy atom. The van der Waals surface area contributed by atoms with Crippen LogP contribution in [0.25, 0.3) is 16.9 Å². The van der Waals surface area contributed by atoms with Gasteiger partial charge in [-0.25, -0.2) is 4.70 Å². The van der Waals surface area contributed by atoms with Crippen LogP contribution >= 0.6 is 0 Å². The molecule has 3 rings (SSSR count). The molecule has 0 aliphatic carbocycles. The molecule has 1 heterocycles. The quantitative estimate of drug-likeness (QED) is 0.0583. The summed E-state index contributed by atoms with van der Waals surface area (Å²) >= 11 is 0. The lowest BCUT2D eigenvalue weighted by Crippen LogP contribution is -2.06. The number of hydrogen-bond donors (Lipinski definition) is 0. The summed E-state index contributed by atoms with van der Waals surface area (Å²) in [7, 11) is 0. The van der Waals surface area contributed by atoms with Gasteiger partial charge in [-0.2, -0.15) is 0 Å². The van der Waals surface area contributed by atoms with Gasteiger partial charge in [-0.15, -0.1) is 0 Å². The van der Waals surface area contributed by atoms with Crippen LogP contribution in [-0.4, -0.2) is 4.70 Å². The third-order valence-corrected chi connectivity index (χ3v) is 9.53. The molecule has 2 heteroatoms. The van der Waals surface area contributed by atoms with Crippen molar-refractivity contribution >= 4 is 11.4 Å². The van der Waals surface area contributed by atoms with Gasteiger partial charge in [0.2, 0.25) is 11.4 Å². The molecule has 0 saturated heterocycles. The Kier molecular flexibility index (Phi) is 19.6. The zero-order valence-corrected chi connectivity index (χ0v) is 31.1. The first-order valence-electron chi connectivity index (χ1n) is 19.8. The maximum absolute atomic E-state index is 12.4. The molecule has 1 aliphatic heterocycles. The van der Waals surface area contributed by atoms with Crippen molar-refractivity contribution in [3.8, 4) is 0 Å². The first-order valence-corrected chi connectivity index (χ1v) is 19.8. The molecule has 0 bridgehead atoms. The Labute approximate surface area is 295 Å². The van der Waals surface area contributed by atoms with E-state index in [1.54, 1.807) is 4.70 Å². The smallest absolute Gasteiger partial charge is 0.215 e. The van der Waals surface area contributed by atoms with Gasteiger partial charge < -0.3 is 5.53 Å². The van der Waals surface area contributed by atoms with Crippen molar-refractivity contribution in [3.63, 3.8) is 0 Å². The molecule has 0 fully saturated rings. The molecule has 1 aliphatic rings. The largest absolute Gasteiger partial charge is 0.493 e. The second-order valence-electron chi connectivity index (χ2n) is 13.6. The fourth-order valence-electron chi connectivity index (χ4n) is 6.79. The van der Waals surface area contributed by atoms with Crippen LogP contribution in [0.4, 0.5) is 0 Å². The third-order valence-electron chi connectivity index (χ3n) is 9.53. The number of aryl methyl sites for hydroxylation is 2. The molecule has 2 aromatic carbocycles. The van der Waals surface area contributed by atoms with Gasteiger partial charge in [0.05, 0.1) is 5.57 Å². The first-order chi connectivity index (χ1) is 23.7. The summed E-state index contributed by atoms with van der Waals surface area (Å²) in [4.78, 5) is 0. The Balaban J connectivity index is 2.04. The Bertz CT molecular complexity index is 1380. The van der Waals surface area contributed by atoms with E-state index >= 15 is 0 Å². The minimum absolute atomic E-state index is 0.957. The second-order valence-corrected chi connectivity index (χ2v) is 13.6. The monoisotopic (exact) mass is 647 g/mol. The standard InChI is InChI=1S/C46H66N2/c1-5-9-13-16-17-18-19-22-26-38-44-43(37-23-12-8-4)45(41-35-29-27-33-39(41)31-24-20-14-10-6-2)48(47)46(44)42-36-30-28-34-40(42)32-25-21-15-11-7-3/h14-15,20-21,26-30,33-36,38H,5-13,16-19,22-25,31-32,37H2,1-4H3. The van der Waals surface area contributed by atoms with Crippen LogP contribution in [0.2, 0.25) is 0 Å². The summed E-state index contributed by atoms with van der Waals surface area (Å²) in [6.07, 6.45) is 37.4. The summed E-state index contributed by atoms with van der Waals surface area (Å²) in [5.41, 5.74) is 21.8. The normalized spacial score (nSPS) is 13.9. The average molecular weight is 647 g/mol. The highest BCUT2D eigenvalue weighted by atomic mass is 15.2. The van der Waals surface area contributed by atoms with Gasteiger partial charge in [0.25, 0.3) is 0 Å². The van der Waals surface area contributed by atoms with Crippen LogP contribution in [0.1, 0.15) is 166 Å². The van der Waals surface area contributed by atoms with E-state index in [1.165, 1.54) is 98.5 Å². The molecule has 0 amide bonds. The lowest BCUT2D eigenvalue weighted by molar-refractivity contribution is -0.345. The predicted octanol–water partition coefficient (Wildman–Crippen LogP) is 14.7. The van der Waals surface area contributed by atoms with Gasteiger partial charge in [-0.05, 0) is 87.5 Å². The van der Waals surface area contributed by atoms with E-state index < -0.39 is 0 Å². The van der Waals surface area contributed by atoms with Crippen LogP contribution in [0, 0.1) is 0 Å². The van der Waals surface area contributed by atoms with E-state index in [0.29, 0.717) is 0 Å². The molecule has 2 aromatic rings. The molecule has 0 atom stereocenters. The highest BCUT2D eigenvalue weighted by Gasteiger charge is 2.36. The first kappa shape index (κ1) is 39.2. The van der Waals surface area contributed by atoms with Crippen molar-refractivity contribution in [1.82, 2.24) is 0 Å². The molecule has 0 N–H and O–H groups in total. The number of benzene rings is 2. The number of rotatable bonds is 25. The van der Waals surface area contributed by atoms with Crippen molar-refractivity contribution in [2.75, 3.05) is 0 Å². The molecule has 0 aromatic heterocycles. The van der Waals surface area contributed by atoms with Crippen molar-refractivity contribution in [1.29, 1.82) is 0 Å². The van der Waals surface area contributed by atoms with Gasteiger partial charge in [0.1, 0.15) is 0 Å². The van der Waals surface area contributed by atoms with Crippen molar-refractivity contribution in [3.05, 3.63) is 124 Å². The van der Waals surface area contributed by atoms with Gasteiger partial charge in [0, 0.05) is 16.7 Å². The fourth-order valence-corrected chi connectivity index (χ4v) is 6.79. The average Bonchev–Trinajstić information content (AvgIpc) is 3.37. The maximum Gasteiger partial charge on any atom is 0.215 e. The number of allylic oxidation sites excluding steroid dienone is 8. The summed E-state index contributed by atoms with van der Waals surface area (Å²) in [5, 5.41) is 0. The van der Waals surface area contributed by atoms with Gasteiger partial charge in [-0.3, -0.25) is 0 Å². The van der Waals surface area contributed by atoms with Crippen LogP contribution in [0.5, 0.6) is 0 Å². The number of unbranched alkanes of at least 4 members (excludes halogenated alkanes) is 11. The Morgan fingerprint density at radius 2 is 0.979 bits per heavy atom. The zero-order valence-electron chi connectivity index (χ0n) is 31.1. The van der Waals surface area contributed by atoms with Crippen molar-refractivity contribution in [2.24, 2.45) is 0 Å². The summed E-state index contributed by atoms with van der Waals surface area (Å²) < 4.78 is 1.58. The van der Waals surface area contributed by atoms with Crippen LogP contribution in [0.3, 0.4) is 0 Å². The van der Waals surface area contributed by atoms with Crippen LogP contribution in [0.15, 0.2) is 96.1 Å². The minimum Gasteiger partial charge on any atom is -0.493 e. The molecular formula is C46H66N2. The van der Waals surface area contributed by atoms with Gasteiger partial charge in [-0.1, -0.05) is 165 Å². The topological polar surface area (TPSA) is 25.3 Å². The Hall–Kier alpha value is -3.26. The zero-order chi connectivity index (χ0) is 34.2. The van der Waals surface area contributed by atoms with E-state index in [2.05, 4.69) is 113 Å². The van der Waals surface area contributed by atoms with E-state index in [-0.39, 0.29) is 0 Å². The molecular weight excluding hydrogens is 581 g/mol. The van der Waals surface area contributed by atoms with Crippen LogP contribution < -0.4 is 0 Å². The summed E-state index contributed by atoms with van der Waals surface area (Å²) in [6.45, 7) is 9.02. The van der Waals surface area contributed by atoms with Crippen LogP contribution in [-0.2, 0) is 12.8 Å². The van der Waals surface area contributed by atoms with Crippen molar-refractivity contribution in [2.45, 2.75) is 156 Å². The minimum atomic E-state index is 0.957. The fraction of sp³-hybridized carbons (Fsp3) is 0.522. The lowest BCUT2D eigenvalue weighted by atomic mass is 9.91. The summed E-state index contributed by atoms with van der Waals surface area (Å²) in [5.74, 6) is 0. The maximum atomic E-state index is 12.4. The molecule has 48 heavy (non-hydrogen) atoms. The molecule has 0 unspecified atom stereocenters. The number of nitrogens with zero attached hydrogens (tertiary/aromatic N) is 2. The van der Waals surface area contributed by atoms with E-state index in [0.717, 1.165) is 74.7 Å². The second kappa shape index (κ2) is 24.0. The molecule has 0 saturated carbocycles. The number of hydrogen-bond acceptors (Lipinski definition) is 0. The summed E-state index contributed by atoms with van der Waals surface area (Å²) in [6, 6.07) is 17.6. The molecule has 2 nitrogen and oxygen atoms in total. The highest BCUT2D eigenvalue weighted by molar-refractivity contribution is 5.85.